The Morgan fingerprint density at radius 2 is 0.978 bits per heavy atom. The molecule has 1 atom stereocenters. The van der Waals surface area contributed by atoms with E-state index in [0.29, 0.717) is 19.3 Å². The summed E-state index contributed by atoms with van der Waals surface area (Å²) in [5, 5.41) is 2.94. The SMILES string of the molecule is CCCCCCCCCCCCCCCC(=O)O[C@H](COC(=O)CCCCCCCCCCCNC(=O)CCC)CO[PH](O)(O)O. The van der Waals surface area contributed by atoms with Crippen molar-refractivity contribution in [1.29, 1.82) is 0 Å². The predicted octanol–water partition coefficient (Wildman–Crippen LogP) is 8.14. The van der Waals surface area contributed by atoms with Crippen LogP contribution >= 0.6 is 8.17 Å². The molecule has 0 aromatic carbocycles. The van der Waals surface area contributed by atoms with Gasteiger partial charge in [0.15, 0.2) is 0 Å². The third-order valence-corrected chi connectivity index (χ3v) is 8.59. The molecule has 0 aromatic rings. The molecule has 0 saturated heterocycles. The molecule has 0 bridgehead atoms. The second-order valence-corrected chi connectivity index (χ2v) is 14.1. The van der Waals surface area contributed by atoms with Gasteiger partial charge < -0.3 is 5.32 Å². The van der Waals surface area contributed by atoms with Crippen LogP contribution in [0.15, 0.2) is 0 Å². The van der Waals surface area contributed by atoms with Gasteiger partial charge in [0.1, 0.15) is 0 Å². The first-order chi connectivity index (χ1) is 22.2. The number of carbonyl (C=O) groups excluding carboxylic acids is 3. The number of nitrogens with one attached hydrogen (secondary N) is 1. The topological polar surface area (TPSA) is 152 Å². The predicted molar refractivity (Wildman–Crippen MR) is 186 cm³/mol. The minimum atomic E-state index is -4.79. The quantitative estimate of drug-likeness (QED) is 0.0300. The van der Waals surface area contributed by atoms with Crippen molar-refractivity contribution in [3.63, 3.8) is 0 Å². The summed E-state index contributed by atoms with van der Waals surface area (Å²) in [4.78, 5) is 63.5. The zero-order valence-electron chi connectivity index (χ0n) is 29.4. The first-order valence-corrected chi connectivity index (χ1v) is 20.4. The van der Waals surface area contributed by atoms with E-state index >= 15 is 0 Å². The van der Waals surface area contributed by atoms with Crippen molar-refractivity contribution in [2.24, 2.45) is 0 Å². The van der Waals surface area contributed by atoms with Gasteiger partial charge in [0.05, 0.1) is 0 Å². The fourth-order valence-electron chi connectivity index (χ4n) is 5.29. The number of amides is 1. The summed E-state index contributed by atoms with van der Waals surface area (Å²) < 4.78 is 15.3. The number of unbranched alkanes of at least 4 members (excludes halogenated alkanes) is 20. The van der Waals surface area contributed by atoms with Crippen LogP contribution in [-0.4, -0.2) is 58.4 Å². The molecule has 0 aliphatic heterocycles. The second-order valence-electron chi connectivity index (χ2n) is 12.7. The first kappa shape index (κ1) is 44.7. The Hall–Kier alpha value is -1.32. The van der Waals surface area contributed by atoms with E-state index in [4.69, 9.17) is 9.47 Å². The number of hydrogen-bond acceptors (Lipinski definition) is 9. The number of carbonyl (C=O) groups is 3. The average Bonchev–Trinajstić information content (AvgIpc) is 3.01. The number of hydrogen-bond donors (Lipinski definition) is 4. The van der Waals surface area contributed by atoms with Crippen molar-refractivity contribution in [2.75, 3.05) is 19.8 Å². The molecule has 0 heterocycles. The molecule has 0 fully saturated rings. The van der Waals surface area contributed by atoms with Gasteiger partial charge in [0, 0.05) is 13.0 Å². The summed E-state index contributed by atoms with van der Waals surface area (Å²) in [5.41, 5.74) is 0. The molecule has 0 radical (unpaired) electrons. The molecule has 46 heavy (non-hydrogen) atoms. The Balaban J connectivity index is 3.93. The summed E-state index contributed by atoms with van der Waals surface area (Å²) >= 11 is 0. The Bertz CT molecular complexity index is 733. The molecule has 0 aromatic heterocycles. The van der Waals surface area contributed by atoms with Gasteiger partial charge in [-0.05, 0) is 12.8 Å². The van der Waals surface area contributed by atoms with Gasteiger partial charge in [-0.2, -0.15) is 0 Å². The zero-order valence-corrected chi connectivity index (χ0v) is 30.4. The third kappa shape index (κ3) is 34.0. The van der Waals surface area contributed by atoms with Gasteiger partial charge in [0.2, 0.25) is 5.91 Å². The molecule has 0 spiro atoms. The van der Waals surface area contributed by atoms with Gasteiger partial charge in [-0.25, -0.2) is 0 Å². The molecular formula is C35H70NO9P. The molecule has 4 N–H and O–H groups in total. The number of ether oxygens (including phenoxy) is 2. The van der Waals surface area contributed by atoms with Crippen molar-refractivity contribution >= 4 is 26.0 Å². The van der Waals surface area contributed by atoms with Gasteiger partial charge in [-0.15, -0.1) is 0 Å². The van der Waals surface area contributed by atoms with E-state index in [-0.39, 0.29) is 25.4 Å². The normalized spacial score (nSPS) is 12.5. The molecular weight excluding hydrogens is 609 g/mol. The monoisotopic (exact) mass is 679 g/mol. The maximum absolute atomic E-state index is 12.3. The molecule has 0 aliphatic rings. The first-order valence-electron chi connectivity index (χ1n) is 18.6. The molecule has 0 rings (SSSR count). The van der Waals surface area contributed by atoms with E-state index in [9.17, 15) is 29.1 Å². The summed E-state index contributed by atoms with van der Waals surface area (Å²) in [6.45, 7) is 4.26. The number of esters is 2. The third-order valence-electron chi connectivity index (χ3n) is 8.03. The van der Waals surface area contributed by atoms with E-state index < -0.39 is 32.8 Å². The fourth-order valence-corrected chi connectivity index (χ4v) is 5.70. The van der Waals surface area contributed by atoms with Crippen molar-refractivity contribution < 1.29 is 43.1 Å². The van der Waals surface area contributed by atoms with Gasteiger partial charge in [-0.1, -0.05) is 78.1 Å². The van der Waals surface area contributed by atoms with Gasteiger partial charge in [-0.3, -0.25) is 4.79 Å². The Morgan fingerprint density at radius 1 is 0.543 bits per heavy atom. The summed E-state index contributed by atoms with van der Waals surface area (Å²) in [6, 6.07) is 0. The van der Waals surface area contributed by atoms with Crippen LogP contribution < -0.4 is 5.32 Å². The Morgan fingerprint density at radius 3 is 1.43 bits per heavy atom. The van der Waals surface area contributed by atoms with Crippen molar-refractivity contribution in [3.05, 3.63) is 0 Å². The van der Waals surface area contributed by atoms with Crippen LogP contribution in [0.2, 0.25) is 0 Å². The van der Waals surface area contributed by atoms with Gasteiger partial charge >= 0.3 is 161 Å². The summed E-state index contributed by atoms with van der Waals surface area (Å²) in [5.74, 6) is -0.738. The van der Waals surface area contributed by atoms with Crippen LogP contribution in [0.25, 0.3) is 0 Å². The maximum atomic E-state index is 12.3. The molecule has 10 nitrogen and oxygen atoms in total. The average molecular weight is 680 g/mol. The van der Waals surface area contributed by atoms with Crippen molar-refractivity contribution in [1.82, 2.24) is 5.32 Å². The van der Waals surface area contributed by atoms with Gasteiger partial charge in [0.25, 0.3) is 0 Å². The van der Waals surface area contributed by atoms with E-state index in [1.165, 1.54) is 64.2 Å². The number of rotatable bonds is 34. The Labute approximate surface area is 280 Å². The molecule has 0 saturated carbocycles. The van der Waals surface area contributed by atoms with Crippen molar-refractivity contribution in [2.45, 2.75) is 187 Å². The molecule has 1 amide bonds. The summed E-state index contributed by atoms with van der Waals surface area (Å²) in [6.07, 6.45) is 26.0. The van der Waals surface area contributed by atoms with E-state index in [2.05, 4.69) is 16.8 Å². The van der Waals surface area contributed by atoms with E-state index in [1.807, 2.05) is 6.92 Å². The molecule has 0 unspecified atom stereocenters. The molecule has 274 valence electrons. The second kappa shape index (κ2) is 32.2. The zero-order chi connectivity index (χ0) is 34.1. The van der Waals surface area contributed by atoms with Crippen LogP contribution in [-0.2, 0) is 28.4 Å². The van der Waals surface area contributed by atoms with Crippen molar-refractivity contribution in [3.8, 4) is 0 Å². The fraction of sp³-hybridized carbons (Fsp3) is 0.914. The molecule has 11 heteroatoms. The molecule has 0 aliphatic carbocycles. The van der Waals surface area contributed by atoms with E-state index in [1.54, 1.807) is 0 Å². The Kier molecular flexibility index (Phi) is 31.3. The minimum absolute atomic E-state index is 0.140. The van der Waals surface area contributed by atoms with Crippen LogP contribution in [0.5, 0.6) is 0 Å². The van der Waals surface area contributed by atoms with Crippen LogP contribution in [0.1, 0.15) is 181 Å². The van der Waals surface area contributed by atoms with Crippen LogP contribution in [0.4, 0.5) is 0 Å². The standard InChI is InChI=1S/C35H70NO9P/c1-3-5-6-7-8-9-10-11-12-14-18-21-24-28-35(39)45-32(31-44-46(40,41)42)30-43-34(38)27-23-20-17-15-13-16-19-22-25-29-36-33(37)26-4-2/h32,40-42,46H,3-31H2,1-2H3,(H,36,37)/t32-/m1/s1. The summed E-state index contributed by atoms with van der Waals surface area (Å²) in [7, 11) is -4.79. The van der Waals surface area contributed by atoms with Crippen LogP contribution in [0.3, 0.4) is 0 Å². The van der Waals surface area contributed by atoms with E-state index in [0.717, 1.165) is 77.2 Å². The van der Waals surface area contributed by atoms with Crippen LogP contribution in [0, 0.1) is 0 Å².